The van der Waals surface area contributed by atoms with Crippen LogP contribution in [-0.2, 0) is 5.75 Å². The molecule has 0 bridgehead atoms. The standard InChI is InChI=1S/C14H15N5OS2/c1-10(22-14-17-16-13(20-14)9-21-2)12-8-19(18-15-12)11-6-4-3-5-7-11/h3-8,10H,9H2,1-2H3/t10-/m1/s1. The molecule has 2 aromatic heterocycles. The largest absolute Gasteiger partial charge is 0.415 e. The molecule has 8 heteroatoms. The van der Waals surface area contributed by atoms with Gasteiger partial charge >= 0.3 is 0 Å². The fourth-order valence-corrected chi connectivity index (χ4v) is 2.98. The van der Waals surface area contributed by atoms with Gasteiger partial charge in [-0.3, -0.25) is 0 Å². The van der Waals surface area contributed by atoms with E-state index >= 15 is 0 Å². The Balaban J connectivity index is 1.70. The summed E-state index contributed by atoms with van der Waals surface area (Å²) < 4.78 is 7.34. The molecule has 6 nitrogen and oxygen atoms in total. The smallest absolute Gasteiger partial charge is 0.277 e. The third-order valence-electron chi connectivity index (χ3n) is 2.94. The molecule has 0 N–H and O–H groups in total. The zero-order valence-corrected chi connectivity index (χ0v) is 13.8. The lowest BCUT2D eigenvalue weighted by Gasteiger charge is -2.03. The minimum absolute atomic E-state index is 0.0834. The molecule has 1 atom stereocenters. The molecular weight excluding hydrogens is 318 g/mol. The van der Waals surface area contributed by atoms with Crippen molar-refractivity contribution in [3.8, 4) is 5.69 Å². The van der Waals surface area contributed by atoms with Crippen LogP contribution in [0.3, 0.4) is 0 Å². The number of nitrogens with zero attached hydrogens (tertiary/aromatic N) is 5. The van der Waals surface area contributed by atoms with E-state index in [-0.39, 0.29) is 5.25 Å². The van der Waals surface area contributed by atoms with Crippen LogP contribution < -0.4 is 0 Å². The monoisotopic (exact) mass is 333 g/mol. The predicted octanol–water partition coefficient (Wildman–Crippen LogP) is 3.37. The van der Waals surface area contributed by atoms with E-state index in [1.807, 2.05) is 49.7 Å². The van der Waals surface area contributed by atoms with Crippen LogP contribution in [0.5, 0.6) is 0 Å². The molecule has 0 radical (unpaired) electrons. The maximum atomic E-state index is 5.57. The Hall–Kier alpha value is -1.80. The second-order valence-electron chi connectivity index (χ2n) is 4.58. The van der Waals surface area contributed by atoms with Gasteiger partial charge in [0.1, 0.15) is 0 Å². The first-order valence-electron chi connectivity index (χ1n) is 6.72. The zero-order valence-electron chi connectivity index (χ0n) is 12.2. The Morgan fingerprint density at radius 1 is 1.18 bits per heavy atom. The van der Waals surface area contributed by atoms with Crippen LogP contribution in [0.25, 0.3) is 5.69 Å². The minimum atomic E-state index is 0.0834. The van der Waals surface area contributed by atoms with Crippen molar-refractivity contribution in [2.75, 3.05) is 6.26 Å². The van der Waals surface area contributed by atoms with Crippen LogP contribution in [0.15, 0.2) is 46.2 Å². The quantitative estimate of drug-likeness (QED) is 0.641. The van der Waals surface area contributed by atoms with E-state index in [1.165, 1.54) is 11.8 Å². The molecule has 0 fully saturated rings. The summed E-state index contributed by atoms with van der Waals surface area (Å²) in [5.74, 6) is 1.38. The first-order valence-corrected chi connectivity index (χ1v) is 8.99. The summed E-state index contributed by atoms with van der Waals surface area (Å²) in [5.41, 5.74) is 1.86. The minimum Gasteiger partial charge on any atom is -0.415 e. The van der Waals surface area contributed by atoms with Crippen molar-refractivity contribution in [1.29, 1.82) is 0 Å². The Labute approximate surface area is 136 Å². The zero-order chi connectivity index (χ0) is 15.4. The van der Waals surface area contributed by atoms with Crippen LogP contribution in [0, 0.1) is 0 Å². The lowest BCUT2D eigenvalue weighted by atomic mass is 10.3. The van der Waals surface area contributed by atoms with Crippen LogP contribution in [0.4, 0.5) is 0 Å². The molecule has 0 amide bonds. The van der Waals surface area contributed by atoms with E-state index in [2.05, 4.69) is 20.5 Å². The van der Waals surface area contributed by atoms with Crippen LogP contribution in [0.2, 0.25) is 0 Å². The van der Waals surface area contributed by atoms with Gasteiger partial charge in [0.25, 0.3) is 5.22 Å². The Bertz CT molecular complexity index is 728. The summed E-state index contributed by atoms with van der Waals surface area (Å²) >= 11 is 3.14. The maximum absolute atomic E-state index is 5.57. The number of para-hydroxylation sites is 1. The maximum Gasteiger partial charge on any atom is 0.277 e. The average molecular weight is 333 g/mol. The molecule has 3 aromatic rings. The molecule has 114 valence electrons. The number of aromatic nitrogens is 5. The predicted molar refractivity (Wildman–Crippen MR) is 87.1 cm³/mol. The molecule has 1 aromatic carbocycles. The van der Waals surface area contributed by atoms with Gasteiger partial charge in [-0.15, -0.1) is 15.3 Å². The summed E-state index contributed by atoms with van der Waals surface area (Å²) in [7, 11) is 0. The van der Waals surface area contributed by atoms with E-state index in [4.69, 9.17) is 4.42 Å². The van der Waals surface area contributed by atoms with E-state index in [9.17, 15) is 0 Å². The highest BCUT2D eigenvalue weighted by Crippen LogP contribution is 2.33. The lowest BCUT2D eigenvalue weighted by Crippen LogP contribution is -1.93. The summed E-state index contributed by atoms with van der Waals surface area (Å²) in [4.78, 5) is 0. The van der Waals surface area contributed by atoms with Gasteiger partial charge in [0.15, 0.2) is 0 Å². The van der Waals surface area contributed by atoms with Gasteiger partial charge in [-0.05, 0) is 25.3 Å². The van der Waals surface area contributed by atoms with Gasteiger partial charge < -0.3 is 4.42 Å². The number of hydrogen-bond acceptors (Lipinski definition) is 7. The summed E-state index contributed by atoms with van der Waals surface area (Å²) in [5, 5.41) is 17.1. The van der Waals surface area contributed by atoms with E-state index in [0.717, 1.165) is 17.1 Å². The normalized spacial score (nSPS) is 12.5. The molecule has 0 aliphatic carbocycles. The molecule has 0 saturated carbocycles. The van der Waals surface area contributed by atoms with E-state index < -0.39 is 0 Å². The summed E-state index contributed by atoms with van der Waals surface area (Å²) in [6, 6.07) is 9.90. The van der Waals surface area contributed by atoms with E-state index in [1.54, 1.807) is 16.4 Å². The third-order valence-corrected chi connectivity index (χ3v) is 4.44. The van der Waals surface area contributed by atoms with Crippen molar-refractivity contribution in [1.82, 2.24) is 25.2 Å². The molecule has 0 aliphatic rings. The van der Waals surface area contributed by atoms with Gasteiger partial charge in [-0.1, -0.05) is 35.2 Å². The summed E-state index contributed by atoms with van der Waals surface area (Å²) in [6.45, 7) is 2.04. The van der Waals surface area contributed by atoms with Crippen LogP contribution >= 0.6 is 23.5 Å². The molecule has 0 saturated heterocycles. The highest BCUT2D eigenvalue weighted by atomic mass is 32.2. The van der Waals surface area contributed by atoms with E-state index in [0.29, 0.717) is 11.1 Å². The first-order chi connectivity index (χ1) is 10.8. The van der Waals surface area contributed by atoms with Gasteiger partial charge in [0.2, 0.25) is 5.89 Å². The topological polar surface area (TPSA) is 69.6 Å². The second kappa shape index (κ2) is 6.97. The molecule has 3 rings (SSSR count). The van der Waals surface area contributed by atoms with Gasteiger partial charge in [-0.25, -0.2) is 4.68 Å². The molecular formula is C14H15N5OS2. The van der Waals surface area contributed by atoms with Crippen molar-refractivity contribution in [2.45, 2.75) is 23.1 Å². The van der Waals surface area contributed by atoms with Gasteiger partial charge in [0.05, 0.1) is 28.6 Å². The Morgan fingerprint density at radius 2 is 2.00 bits per heavy atom. The number of thioether (sulfide) groups is 2. The lowest BCUT2D eigenvalue weighted by molar-refractivity contribution is 0.426. The molecule has 2 heterocycles. The Morgan fingerprint density at radius 3 is 2.77 bits per heavy atom. The van der Waals surface area contributed by atoms with Crippen molar-refractivity contribution in [2.24, 2.45) is 0 Å². The number of hydrogen-bond donors (Lipinski definition) is 0. The van der Waals surface area contributed by atoms with Gasteiger partial charge in [-0.2, -0.15) is 11.8 Å². The molecule has 0 unspecified atom stereocenters. The van der Waals surface area contributed by atoms with Crippen molar-refractivity contribution >= 4 is 23.5 Å². The molecule has 22 heavy (non-hydrogen) atoms. The van der Waals surface area contributed by atoms with Gasteiger partial charge in [0, 0.05) is 0 Å². The van der Waals surface area contributed by atoms with Crippen molar-refractivity contribution in [3.05, 3.63) is 48.1 Å². The molecule has 0 spiro atoms. The number of benzene rings is 1. The van der Waals surface area contributed by atoms with Crippen LogP contribution in [0.1, 0.15) is 23.8 Å². The second-order valence-corrected chi connectivity index (χ2v) is 6.74. The highest BCUT2D eigenvalue weighted by Gasteiger charge is 2.16. The van der Waals surface area contributed by atoms with Crippen molar-refractivity contribution in [3.63, 3.8) is 0 Å². The molecule has 0 aliphatic heterocycles. The van der Waals surface area contributed by atoms with Crippen LogP contribution in [-0.4, -0.2) is 31.4 Å². The number of rotatable bonds is 6. The van der Waals surface area contributed by atoms with Crippen molar-refractivity contribution < 1.29 is 4.42 Å². The summed E-state index contributed by atoms with van der Waals surface area (Å²) in [6.07, 6.45) is 3.92. The fourth-order valence-electron chi connectivity index (χ4n) is 1.85. The highest BCUT2D eigenvalue weighted by molar-refractivity contribution is 7.99. The fraction of sp³-hybridized carbons (Fsp3) is 0.286. The Kier molecular flexibility index (Phi) is 4.79. The first kappa shape index (κ1) is 15.1. The average Bonchev–Trinajstić information content (AvgIpc) is 3.18. The SMILES string of the molecule is CSCc1nnc(S[C@H](C)c2cn(-c3ccccc3)nn2)o1. The third kappa shape index (κ3) is 3.50.